The topological polar surface area (TPSA) is 75.7 Å². The zero-order chi connectivity index (χ0) is 18.8. The van der Waals surface area contributed by atoms with Crippen molar-refractivity contribution >= 4 is 17.3 Å². The molecule has 6 nitrogen and oxygen atoms in total. The summed E-state index contributed by atoms with van der Waals surface area (Å²) in [5, 5.41) is 3.39. The number of nitrogens with one attached hydrogen (secondary N) is 1. The summed E-state index contributed by atoms with van der Waals surface area (Å²) >= 11 is 0. The summed E-state index contributed by atoms with van der Waals surface area (Å²) in [5.41, 5.74) is 0.245. The van der Waals surface area contributed by atoms with E-state index in [0.29, 0.717) is 55.7 Å². The van der Waals surface area contributed by atoms with Crippen molar-refractivity contribution in [1.29, 1.82) is 0 Å². The van der Waals surface area contributed by atoms with Crippen LogP contribution in [0, 0.1) is 17.8 Å². The molecule has 3 rings (SSSR count). The Morgan fingerprint density at radius 2 is 1.81 bits per heavy atom. The van der Waals surface area contributed by atoms with Crippen LogP contribution in [0.4, 0.5) is 11.4 Å². The molecular weight excluding hydrogens is 332 g/mol. The number of esters is 1. The van der Waals surface area contributed by atoms with Crippen LogP contribution >= 0.6 is 0 Å². The molecule has 0 radical (unpaired) electrons. The molecular formula is C20H30N2O4. The van der Waals surface area contributed by atoms with Gasteiger partial charge in [-0.25, -0.2) is 0 Å². The molecule has 2 aliphatic rings. The molecule has 1 aromatic carbocycles. The maximum absolute atomic E-state index is 12.2. The largest absolute Gasteiger partial charge is 0.466 e. The van der Waals surface area contributed by atoms with E-state index in [1.807, 2.05) is 11.8 Å². The second-order valence-corrected chi connectivity index (χ2v) is 7.91. The molecule has 1 N–H and O–H groups in total. The van der Waals surface area contributed by atoms with Crippen molar-refractivity contribution in [3.63, 3.8) is 0 Å². The van der Waals surface area contributed by atoms with E-state index in [9.17, 15) is 14.4 Å². The molecule has 1 heterocycles. The van der Waals surface area contributed by atoms with Crippen LogP contribution < -0.4 is 21.1 Å². The van der Waals surface area contributed by atoms with E-state index >= 15 is 0 Å². The van der Waals surface area contributed by atoms with Gasteiger partial charge in [0.05, 0.1) is 12.5 Å². The second kappa shape index (κ2) is 7.80. The normalized spacial score (nSPS) is 27.5. The van der Waals surface area contributed by atoms with E-state index in [2.05, 4.69) is 19.2 Å². The van der Waals surface area contributed by atoms with E-state index in [1.54, 1.807) is 0 Å². The van der Waals surface area contributed by atoms with Crippen LogP contribution in [0.5, 0.6) is 0 Å². The van der Waals surface area contributed by atoms with Gasteiger partial charge in [0.2, 0.25) is 0 Å². The summed E-state index contributed by atoms with van der Waals surface area (Å²) < 4.78 is 5.10. The van der Waals surface area contributed by atoms with E-state index in [-0.39, 0.29) is 17.9 Å². The van der Waals surface area contributed by atoms with Crippen LogP contribution in [-0.2, 0) is 9.53 Å². The lowest BCUT2D eigenvalue weighted by Crippen LogP contribution is -2.48. The number of piperidine rings is 1. The molecule has 0 amide bonds. The van der Waals surface area contributed by atoms with Crippen molar-refractivity contribution in [2.45, 2.75) is 58.9 Å². The standard InChI is InChI=1S/C20H30N2O4/c1-4-26-20(25)14-8-10-22(11-9-14)17-16(18(23)19(17)24)21-15-7-5-6-12(2)13(15)3/h12-15,21H,4-11H2,1-3H3/t12-,13+,15-/m1/s1. The number of rotatable bonds is 5. The van der Waals surface area contributed by atoms with Gasteiger partial charge in [-0.1, -0.05) is 26.7 Å². The number of carbonyl (C=O) groups excluding carboxylic acids is 1. The van der Waals surface area contributed by atoms with Crippen molar-refractivity contribution in [2.24, 2.45) is 17.8 Å². The van der Waals surface area contributed by atoms with Gasteiger partial charge in [0, 0.05) is 19.1 Å². The van der Waals surface area contributed by atoms with Gasteiger partial charge < -0.3 is 15.0 Å². The van der Waals surface area contributed by atoms with Gasteiger partial charge in [0.1, 0.15) is 11.4 Å². The minimum absolute atomic E-state index is 0.103. The molecule has 1 saturated heterocycles. The van der Waals surface area contributed by atoms with Gasteiger partial charge in [0.25, 0.3) is 10.9 Å². The highest BCUT2D eigenvalue weighted by molar-refractivity contribution is 5.77. The average molecular weight is 362 g/mol. The number of hydrogen-bond acceptors (Lipinski definition) is 6. The molecule has 1 aliphatic carbocycles. The van der Waals surface area contributed by atoms with Gasteiger partial charge in [0.15, 0.2) is 0 Å². The molecule has 0 spiro atoms. The third kappa shape index (κ3) is 3.51. The Kier molecular flexibility index (Phi) is 5.68. The van der Waals surface area contributed by atoms with Gasteiger partial charge in [-0.3, -0.25) is 14.4 Å². The maximum atomic E-state index is 12.2. The zero-order valence-electron chi connectivity index (χ0n) is 16.0. The molecule has 0 bridgehead atoms. The predicted octanol–water partition coefficient (Wildman–Crippen LogP) is 2.30. The van der Waals surface area contributed by atoms with Crippen LogP contribution in [0.25, 0.3) is 0 Å². The summed E-state index contributed by atoms with van der Waals surface area (Å²) in [7, 11) is 0. The van der Waals surface area contributed by atoms with Crippen LogP contribution in [0.2, 0.25) is 0 Å². The fraction of sp³-hybridized carbons (Fsp3) is 0.750. The number of ether oxygens (including phenoxy) is 1. The van der Waals surface area contributed by atoms with E-state index in [4.69, 9.17) is 4.74 Å². The first-order valence-corrected chi connectivity index (χ1v) is 9.95. The average Bonchev–Trinajstić information content (AvgIpc) is 2.65. The molecule has 2 fully saturated rings. The van der Waals surface area contributed by atoms with Crippen molar-refractivity contribution in [1.82, 2.24) is 0 Å². The van der Waals surface area contributed by atoms with Gasteiger partial charge in [-0.15, -0.1) is 0 Å². The Morgan fingerprint density at radius 1 is 1.12 bits per heavy atom. The molecule has 1 saturated carbocycles. The van der Waals surface area contributed by atoms with Crippen molar-refractivity contribution in [3.8, 4) is 0 Å². The lowest BCUT2D eigenvalue weighted by molar-refractivity contribution is -0.148. The van der Waals surface area contributed by atoms with Crippen LogP contribution in [-0.4, -0.2) is 31.7 Å². The quantitative estimate of drug-likeness (QED) is 0.640. The molecule has 0 unspecified atom stereocenters. The summed E-state index contributed by atoms with van der Waals surface area (Å²) in [5.74, 6) is 0.848. The minimum atomic E-state index is -0.391. The molecule has 6 heteroatoms. The summed E-state index contributed by atoms with van der Waals surface area (Å²) in [6, 6.07) is 0.248. The molecule has 144 valence electrons. The summed E-state index contributed by atoms with van der Waals surface area (Å²) in [6.07, 6.45) is 4.73. The number of carbonyl (C=O) groups is 1. The highest BCUT2D eigenvalue weighted by Crippen LogP contribution is 2.34. The minimum Gasteiger partial charge on any atom is -0.466 e. The third-order valence-corrected chi connectivity index (χ3v) is 6.35. The first-order chi connectivity index (χ1) is 12.4. The highest BCUT2D eigenvalue weighted by Gasteiger charge is 2.34. The molecule has 1 aromatic rings. The van der Waals surface area contributed by atoms with Crippen LogP contribution in [0.3, 0.4) is 0 Å². The maximum Gasteiger partial charge on any atom is 0.309 e. The Bertz CT molecular complexity index is 714. The smallest absolute Gasteiger partial charge is 0.309 e. The fourth-order valence-electron chi connectivity index (χ4n) is 4.39. The summed E-state index contributed by atoms with van der Waals surface area (Å²) in [6.45, 7) is 7.89. The van der Waals surface area contributed by atoms with Gasteiger partial charge >= 0.3 is 5.97 Å². The summed E-state index contributed by atoms with van der Waals surface area (Å²) in [4.78, 5) is 38.2. The second-order valence-electron chi connectivity index (χ2n) is 7.91. The van der Waals surface area contributed by atoms with E-state index in [0.717, 1.165) is 12.8 Å². The predicted molar refractivity (Wildman–Crippen MR) is 103 cm³/mol. The number of hydrogen-bond donors (Lipinski definition) is 1. The zero-order valence-corrected chi connectivity index (χ0v) is 16.0. The molecule has 3 atom stereocenters. The van der Waals surface area contributed by atoms with Gasteiger partial charge in [-0.2, -0.15) is 0 Å². The highest BCUT2D eigenvalue weighted by atomic mass is 16.5. The SMILES string of the molecule is CCOC(=O)C1CCN(c2c(N[C@@H]3CCC[C@@H](C)[C@@H]3C)c(=O)c2=O)CC1. The Balaban J connectivity index is 1.67. The molecule has 0 aromatic heterocycles. The van der Waals surface area contributed by atoms with Crippen molar-refractivity contribution < 1.29 is 9.53 Å². The Morgan fingerprint density at radius 3 is 2.46 bits per heavy atom. The van der Waals surface area contributed by atoms with E-state index < -0.39 is 10.9 Å². The fourth-order valence-corrected chi connectivity index (χ4v) is 4.39. The van der Waals surface area contributed by atoms with Crippen molar-refractivity contribution in [2.75, 3.05) is 29.9 Å². The lowest BCUT2D eigenvalue weighted by atomic mass is 9.78. The monoisotopic (exact) mass is 362 g/mol. The van der Waals surface area contributed by atoms with Crippen LogP contribution in [0.1, 0.15) is 52.9 Å². The molecule has 26 heavy (non-hydrogen) atoms. The third-order valence-electron chi connectivity index (χ3n) is 6.35. The van der Waals surface area contributed by atoms with E-state index in [1.165, 1.54) is 6.42 Å². The van der Waals surface area contributed by atoms with Crippen molar-refractivity contribution in [3.05, 3.63) is 20.4 Å². The lowest BCUT2D eigenvalue weighted by Gasteiger charge is -2.38. The van der Waals surface area contributed by atoms with Crippen LogP contribution in [0.15, 0.2) is 9.59 Å². The first-order valence-electron chi connectivity index (χ1n) is 9.95. The first kappa shape index (κ1) is 18.9. The van der Waals surface area contributed by atoms with Gasteiger partial charge in [-0.05, 0) is 38.0 Å². The number of anilines is 2. The Labute approximate surface area is 154 Å². The molecule has 1 aliphatic heterocycles. The number of nitrogens with zero attached hydrogens (tertiary/aromatic N) is 1. The Hall–Kier alpha value is -1.85.